The highest BCUT2D eigenvalue weighted by Gasteiger charge is 2.22. The fraction of sp³-hybridized carbons (Fsp3) is 0.286. The van der Waals surface area contributed by atoms with E-state index in [0.717, 1.165) is 0 Å². The first-order valence-electron chi connectivity index (χ1n) is 6.17. The van der Waals surface area contributed by atoms with Crippen molar-refractivity contribution in [1.82, 2.24) is 5.32 Å². The molecule has 19 heavy (non-hydrogen) atoms. The van der Waals surface area contributed by atoms with Crippen molar-refractivity contribution < 1.29 is 9.59 Å². The molecule has 100 valence electrons. The summed E-state index contributed by atoms with van der Waals surface area (Å²) in [6, 6.07) is 6.78. The van der Waals surface area contributed by atoms with Gasteiger partial charge in [0.25, 0.3) is 5.91 Å². The first-order chi connectivity index (χ1) is 9.10. The Balaban J connectivity index is 2.05. The highest BCUT2D eigenvalue weighted by atomic mass is 16.2. The Morgan fingerprint density at radius 3 is 2.74 bits per heavy atom. The molecule has 0 saturated heterocycles. The van der Waals surface area contributed by atoms with E-state index in [4.69, 9.17) is 5.73 Å². The molecule has 0 aromatic heterocycles. The molecule has 2 rings (SSSR count). The van der Waals surface area contributed by atoms with Crippen molar-refractivity contribution in [2.75, 3.05) is 12.4 Å². The minimum atomic E-state index is -0.196. The molecule has 0 fully saturated rings. The number of hydrogen-bond acceptors (Lipinski definition) is 3. The van der Waals surface area contributed by atoms with Gasteiger partial charge in [0.05, 0.1) is 5.92 Å². The number of anilines is 1. The van der Waals surface area contributed by atoms with E-state index in [2.05, 4.69) is 10.6 Å². The fourth-order valence-corrected chi connectivity index (χ4v) is 2.04. The zero-order valence-corrected chi connectivity index (χ0v) is 10.7. The van der Waals surface area contributed by atoms with Crippen LogP contribution in [0.4, 0.5) is 5.69 Å². The van der Waals surface area contributed by atoms with Crippen molar-refractivity contribution in [1.29, 1.82) is 0 Å². The third-order valence-electron chi connectivity index (χ3n) is 3.07. The number of carbonyl (C=O) groups is 2. The van der Waals surface area contributed by atoms with Crippen LogP contribution in [0.15, 0.2) is 36.4 Å². The van der Waals surface area contributed by atoms with Crippen LogP contribution in [-0.4, -0.2) is 24.9 Å². The van der Waals surface area contributed by atoms with Crippen molar-refractivity contribution in [2.24, 2.45) is 11.7 Å². The number of benzene rings is 1. The molecule has 5 heteroatoms. The average Bonchev–Trinajstić information content (AvgIpc) is 2.85. The van der Waals surface area contributed by atoms with Gasteiger partial charge in [0.1, 0.15) is 0 Å². The molecule has 0 radical (unpaired) electrons. The van der Waals surface area contributed by atoms with Crippen LogP contribution in [-0.2, 0) is 4.79 Å². The van der Waals surface area contributed by atoms with Crippen molar-refractivity contribution in [2.45, 2.75) is 12.5 Å². The molecular formula is C14H17N3O2. The van der Waals surface area contributed by atoms with Gasteiger partial charge >= 0.3 is 0 Å². The quantitative estimate of drug-likeness (QED) is 0.705. The second kappa shape index (κ2) is 5.67. The van der Waals surface area contributed by atoms with Gasteiger partial charge in [-0.2, -0.15) is 0 Å². The molecule has 1 aliphatic rings. The lowest BCUT2D eigenvalue weighted by atomic mass is 10.1. The fourth-order valence-electron chi connectivity index (χ4n) is 2.04. The minimum absolute atomic E-state index is 0.0482. The van der Waals surface area contributed by atoms with Gasteiger partial charge in [-0.15, -0.1) is 0 Å². The third kappa shape index (κ3) is 3.20. The SMILES string of the molecule is CNC(=O)c1cccc(NC(=O)C2C=CC(N)C2)c1. The van der Waals surface area contributed by atoms with Crippen LogP contribution in [0, 0.1) is 5.92 Å². The molecule has 1 aliphatic carbocycles. The zero-order valence-electron chi connectivity index (χ0n) is 10.7. The Bertz CT molecular complexity index is 525. The van der Waals surface area contributed by atoms with Crippen molar-refractivity contribution >= 4 is 17.5 Å². The number of amides is 2. The molecule has 1 aromatic rings. The third-order valence-corrected chi connectivity index (χ3v) is 3.07. The lowest BCUT2D eigenvalue weighted by Gasteiger charge is -2.11. The molecule has 5 nitrogen and oxygen atoms in total. The van der Waals surface area contributed by atoms with Gasteiger partial charge in [-0.25, -0.2) is 0 Å². The molecule has 4 N–H and O–H groups in total. The molecule has 0 bridgehead atoms. The van der Waals surface area contributed by atoms with E-state index in [1.165, 1.54) is 0 Å². The summed E-state index contributed by atoms with van der Waals surface area (Å²) in [5.74, 6) is -0.476. The van der Waals surface area contributed by atoms with Crippen LogP contribution < -0.4 is 16.4 Å². The summed E-state index contributed by atoms with van der Waals surface area (Å²) in [7, 11) is 1.57. The van der Waals surface area contributed by atoms with Gasteiger partial charge in [0.2, 0.25) is 5.91 Å². The van der Waals surface area contributed by atoms with E-state index in [0.29, 0.717) is 17.7 Å². The second-order valence-electron chi connectivity index (χ2n) is 4.54. The lowest BCUT2D eigenvalue weighted by Crippen LogP contribution is -2.24. The van der Waals surface area contributed by atoms with E-state index < -0.39 is 0 Å². The molecular weight excluding hydrogens is 242 g/mol. The largest absolute Gasteiger partial charge is 0.355 e. The Morgan fingerprint density at radius 2 is 2.11 bits per heavy atom. The lowest BCUT2D eigenvalue weighted by molar-refractivity contribution is -0.118. The van der Waals surface area contributed by atoms with E-state index in [1.807, 2.05) is 12.2 Å². The van der Waals surface area contributed by atoms with Gasteiger partial charge < -0.3 is 16.4 Å². The van der Waals surface area contributed by atoms with Gasteiger partial charge in [-0.3, -0.25) is 9.59 Å². The molecule has 2 unspecified atom stereocenters. The predicted molar refractivity (Wildman–Crippen MR) is 73.7 cm³/mol. The summed E-state index contributed by atoms with van der Waals surface area (Å²) in [6.07, 6.45) is 4.29. The summed E-state index contributed by atoms with van der Waals surface area (Å²) in [5.41, 5.74) is 6.84. The summed E-state index contributed by atoms with van der Waals surface area (Å²) >= 11 is 0. The standard InChI is InChI=1S/C14H17N3O2/c1-16-13(18)9-3-2-4-12(8-9)17-14(19)10-5-6-11(15)7-10/h2-6,8,10-11H,7,15H2,1H3,(H,16,18)(H,17,19). The van der Waals surface area contributed by atoms with Crippen LogP contribution in [0.5, 0.6) is 0 Å². The number of hydrogen-bond donors (Lipinski definition) is 3. The van der Waals surface area contributed by atoms with Gasteiger partial charge in [-0.05, 0) is 24.6 Å². The highest BCUT2D eigenvalue weighted by molar-refractivity contribution is 5.98. The average molecular weight is 259 g/mol. The molecule has 2 atom stereocenters. The van der Waals surface area contributed by atoms with E-state index in [1.54, 1.807) is 31.3 Å². The first-order valence-corrected chi connectivity index (χ1v) is 6.17. The summed E-state index contributed by atoms with van der Waals surface area (Å²) in [6.45, 7) is 0. The Hall–Kier alpha value is -2.14. The Morgan fingerprint density at radius 1 is 1.32 bits per heavy atom. The summed E-state index contributed by atoms with van der Waals surface area (Å²) in [5, 5.41) is 5.34. The topological polar surface area (TPSA) is 84.2 Å². The van der Waals surface area contributed by atoms with E-state index in [9.17, 15) is 9.59 Å². The first kappa shape index (κ1) is 13.3. The van der Waals surface area contributed by atoms with E-state index >= 15 is 0 Å². The Labute approximate surface area is 111 Å². The second-order valence-corrected chi connectivity index (χ2v) is 4.54. The van der Waals surface area contributed by atoms with Gasteiger partial charge in [0, 0.05) is 24.3 Å². The highest BCUT2D eigenvalue weighted by Crippen LogP contribution is 2.19. The maximum atomic E-state index is 12.0. The number of nitrogens with one attached hydrogen (secondary N) is 2. The Kier molecular flexibility index (Phi) is 3.97. The maximum Gasteiger partial charge on any atom is 0.251 e. The van der Waals surface area contributed by atoms with Crippen LogP contribution in [0.25, 0.3) is 0 Å². The van der Waals surface area contributed by atoms with Crippen LogP contribution in [0.3, 0.4) is 0 Å². The number of rotatable bonds is 3. The number of nitrogens with two attached hydrogens (primary N) is 1. The smallest absolute Gasteiger partial charge is 0.251 e. The molecule has 2 amide bonds. The van der Waals surface area contributed by atoms with Crippen molar-refractivity contribution in [3.63, 3.8) is 0 Å². The summed E-state index contributed by atoms with van der Waals surface area (Å²) < 4.78 is 0. The maximum absolute atomic E-state index is 12.0. The molecule has 0 saturated carbocycles. The number of carbonyl (C=O) groups excluding carboxylic acids is 2. The predicted octanol–water partition coefficient (Wildman–Crippen LogP) is 0.888. The molecule has 0 heterocycles. The molecule has 0 spiro atoms. The molecule has 0 aliphatic heterocycles. The zero-order chi connectivity index (χ0) is 13.8. The normalized spacial score (nSPS) is 21.2. The van der Waals surface area contributed by atoms with Crippen molar-refractivity contribution in [3.05, 3.63) is 42.0 Å². The van der Waals surface area contributed by atoms with Crippen LogP contribution in [0.1, 0.15) is 16.8 Å². The summed E-state index contributed by atoms with van der Waals surface area (Å²) in [4.78, 5) is 23.5. The van der Waals surface area contributed by atoms with Gasteiger partial charge in [0.15, 0.2) is 0 Å². The minimum Gasteiger partial charge on any atom is -0.355 e. The van der Waals surface area contributed by atoms with Crippen LogP contribution in [0.2, 0.25) is 0 Å². The van der Waals surface area contributed by atoms with Crippen molar-refractivity contribution in [3.8, 4) is 0 Å². The van der Waals surface area contributed by atoms with Crippen LogP contribution >= 0.6 is 0 Å². The van der Waals surface area contributed by atoms with Gasteiger partial charge in [-0.1, -0.05) is 18.2 Å². The van der Waals surface area contributed by atoms with E-state index in [-0.39, 0.29) is 23.8 Å². The monoisotopic (exact) mass is 259 g/mol. The molecule has 1 aromatic carbocycles.